The molecule has 0 spiro atoms. The first-order chi connectivity index (χ1) is 9.56. The molecular weight excluding hydrogens is 272 g/mol. The zero-order valence-corrected chi connectivity index (χ0v) is 12.8. The highest BCUT2D eigenvalue weighted by Gasteiger charge is 2.20. The molecule has 1 heterocycles. The Morgan fingerprint density at radius 3 is 2.65 bits per heavy atom. The van der Waals surface area contributed by atoms with Crippen LogP contribution in [0.15, 0.2) is 30.5 Å². The molecule has 0 N–H and O–H groups in total. The number of aromatic nitrogens is 1. The predicted octanol–water partition coefficient (Wildman–Crippen LogP) is 4.15. The second kappa shape index (κ2) is 6.23. The molecule has 0 aliphatic rings. The number of pyridine rings is 1. The number of carbonyl (C=O) groups is 1. The standard InChI is InChI=1S/C16H19ClN2O/c1-4-7-11(2)19(3)16(20)14-10-18-15(17)13-9-6-5-8-12(13)14/h5-6,8-11H,4,7H2,1-3H3. The summed E-state index contributed by atoms with van der Waals surface area (Å²) >= 11 is 6.09. The van der Waals surface area contributed by atoms with Gasteiger partial charge in [-0.1, -0.05) is 49.2 Å². The Bertz CT molecular complexity index is 627. The van der Waals surface area contributed by atoms with Crippen LogP contribution in [0.2, 0.25) is 5.15 Å². The molecule has 1 amide bonds. The van der Waals surface area contributed by atoms with Gasteiger partial charge in [0, 0.05) is 24.7 Å². The molecule has 1 aromatic heterocycles. The minimum absolute atomic E-state index is 0.00804. The Balaban J connectivity index is 2.43. The summed E-state index contributed by atoms with van der Waals surface area (Å²) in [7, 11) is 1.84. The SMILES string of the molecule is CCCC(C)N(C)C(=O)c1cnc(Cl)c2ccccc12. The van der Waals surface area contributed by atoms with Crippen molar-refractivity contribution >= 4 is 28.3 Å². The number of rotatable bonds is 4. The molecular formula is C16H19ClN2O. The molecule has 0 fully saturated rings. The lowest BCUT2D eigenvalue weighted by Crippen LogP contribution is -2.35. The molecule has 0 saturated carbocycles. The van der Waals surface area contributed by atoms with E-state index < -0.39 is 0 Å². The smallest absolute Gasteiger partial charge is 0.256 e. The molecule has 2 rings (SSSR count). The number of hydrogen-bond acceptors (Lipinski definition) is 2. The van der Waals surface area contributed by atoms with Crippen molar-refractivity contribution in [2.24, 2.45) is 0 Å². The van der Waals surface area contributed by atoms with Crippen LogP contribution in [0.4, 0.5) is 0 Å². The van der Waals surface area contributed by atoms with Gasteiger partial charge in [-0.2, -0.15) is 0 Å². The van der Waals surface area contributed by atoms with Gasteiger partial charge in [0.25, 0.3) is 5.91 Å². The Labute approximate surface area is 124 Å². The van der Waals surface area contributed by atoms with Crippen LogP contribution in [-0.4, -0.2) is 28.9 Å². The summed E-state index contributed by atoms with van der Waals surface area (Å²) in [6, 6.07) is 7.81. The molecule has 1 aromatic carbocycles. The highest BCUT2D eigenvalue weighted by atomic mass is 35.5. The average Bonchev–Trinajstić information content (AvgIpc) is 2.47. The van der Waals surface area contributed by atoms with Crippen molar-refractivity contribution in [2.75, 3.05) is 7.05 Å². The lowest BCUT2D eigenvalue weighted by Gasteiger charge is -2.25. The maximum atomic E-state index is 12.6. The van der Waals surface area contributed by atoms with Gasteiger partial charge in [0.1, 0.15) is 5.15 Å². The zero-order valence-electron chi connectivity index (χ0n) is 12.1. The second-order valence-electron chi connectivity index (χ2n) is 5.06. The molecule has 2 aromatic rings. The molecule has 0 aliphatic heterocycles. The molecule has 1 unspecified atom stereocenters. The van der Waals surface area contributed by atoms with E-state index in [2.05, 4.69) is 18.8 Å². The summed E-state index contributed by atoms with van der Waals surface area (Å²) in [5.41, 5.74) is 0.607. The summed E-state index contributed by atoms with van der Waals surface area (Å²) in [4.78, 5) is 18.5. The number of hydrogen-bond donors (Lipinski definition) is 0. The maximum Gasteiger partial charge on any atom is 0.256 e. The van der Waals surface area contributed by atoms with Gasteiger partial charge in [0.2, 0.25) is 0 Å². The van der Waals surface area contributed by atoms with Gasteiger partial charge in [0.15, 0.2) is 0 Å². The summed E-state index contributed by atoms with van der Waals surface area (Å²) in [5, 5.41) is 2.10. The molecule has 3 nitrogen and oxygen atoms in total. The maximum absolute atomic E-state index is 12.6. The van der Waals surface area contributed by atoms with E-state index in [0.717, 1.165) is 23.6 Å². The highest BCUT2D eigenvalue weighted by Crippen LogP contribution is 2.25. The van der Waals surface area contributed by atoms with E-state index in [1.807, 2.05) is 31.3 Å². The largest absolute Gasteiger partial charge is 0.339 e. The van der Waals surface area contributed by atoms with Crippen LogP contribution >= 0.6 is 11.6 Å². The van der Waals surface area contributed by atoms with Crippen LogP contribution in [0.1, 0.15) is 37.0 Å². The first-order valence-corrected chi connectivity index (χ1v) is 7.24. The summed E-state index contributed by atoms with van der Waals surface area (Å²) < 4.78 is 0. The van der Waals surface area contributed by atoms with E-state index in [1.54, 1.807) is 11.1 Å². The van der Waals surface area contributed by atoms with Crippen molar-refractivity contribution in [2.45, 2.75) is 32.7 Å². The number of nitrogens with zero attached hydrogens (tertiary/aromatic N) is 2. The van der Waals surface area contributed by atoms with Gasteiger partial charge >= 0.3 is 0 Å². The van der Waals surface area contributed by atoms with E-state index in [1.165, 1.54) is 0 Å². The third kappa shape index (κ3) is 2.78. The van der Waals surface area contributed by atoms with Crippen molar-refractivity contribution in [1.29, 1.82) is 0 Å². The van der Waals surface area contributed by atoms with Gasteiger partial charge in [-0.25, -0.2) is 4.98 Å². The fourth-order valence-corrected chi connectivity index (χ4v) is 2.54. The molecule has 0 radical (unpaired) electrons. The normalized spacial score (nSPS) is 12.4. The third-order valence-corrected chi connectivity index (χ3v) is 3.97. The Morgan fingerprint density at radius 2 is 2.00 bits per heavy atom. The minimum atomic E-state index is -0.00804. The summed E-state index contributed by atoms with van der Waals surface area (Å²) in [5.74, 6) is -0.00804. The van der Waals surface area contributed by atoms with E-state index in [4.69, 9.17) is 11.6 Å². The van der Waals surface area contributed by atoms with E-state index in [0.29, 0.717) is 10.7 Å². The third-order valence-electron chi connectivity index (χ3n) is 3.66. The van der Waals surface area contributed by atoms with Crippen LogP contribution in [0.3, 0.4) is 0 Å². The van der Waals surface area contributed by atoms with E-state index in [9.17, 15) is 4.79 Å². The van der Waals surface area contributed by atoms with Gasteiger partial charge in [-0.15, -0.1) is 0 Å². The predicted molar refractivity (Wildman–Crippen MR) is 83.2 cm³/mol. The van der Waals surface area contributed by atoms with Crippen LogP contribution in [0.5, 0.6) is 0 Å². The van der Waals surface area contributed by atoms with Crippen LogP contribution in [0.25, 0.3) is 10.8 Å². The number of carbonyl (C=O) groups excluding carboxylic acids is 1. The van der Waals surface area contributed by atoms with E-state index in [-0.39, 0.29) is 11.9 Å². The molecule has 4 heteroatoms. The molecule has 0 saturated heterocycles. The Morgan fingerprint density at radius 1 is 1.35 bits per heavy atom. The van der Waals surface area contributed by atoms with Gasteiger partial charge in [0.05, 0.1) is 5.56 Å². The Hall–Kier alpha value is -1.61. The van der Waals surface area contributed by atoms with Gasteiger partial charge in [-0.05, 0) is 18.7 Å². The molecule has 1 atom stereocenters. The summed E-state index contributed by atoms with van der Waals surface area (Å²) in [6.45, 7) is 4.18. The zero-order chi connectivity index (χ0) is 14.7. The van der Waals surface area contributed by atoms with Gasteiger partial charge in [-0.3, -0.25) is 4.79 Å². The first-order valence-electron chi connectivity index (χ1n) is 6.86. The molecule has 106 valence electrons. The summed E-state index contributed by atoms with van der Waals surface area (Å²) in [6.07, 6.45) is 3.61. The van der Waals surface area contributed by atoms with Crippen molar-refractivity contribution in [1.82, 2.24) is 9.88 Å². The fraction of sp³-hybridized carbons (Fsp3) is 0.375. The lowest BCUT2D eigenvalue weighted by molar-refractivity contribution is 0.0738. The molecule has 0 aliphatic carbocycles. The number of halogens is 1. The second-order valence-corrected chi connectivity index (χ2v) is 5.42. The Kier molecular flexibility index (Phi) is 4.61. The van der Waals surface area contributed by atoms with Crippen LogP contribution < -0.4 is 0 Å². The van der Waals surface area contributed by atoms with Gasteiger partial charge < -0.3 is 4.90 Å². The first kappa shape index (κ1) is 14.8. The molecule has 20 heavy (non-hydrogen) atoms. The quantitative estimate of drug-likeness (QED) is 0.793. The number of amides is 1. The van der Waals surface area contributed by atoms with Crippen LogP contribution in [0, 0.1) is 0 Å². The fourth-order valence-electron chi connectivity index (χ4n) is 2.33. The van der Waals surface area contributed by atoms with Crippen molar-refractivity contribution < 1.29 is 4.79 Å². The highest BCUT2D eigenvalue weighted by molar-refractivity contribution is 6.34. The minimum Gasteiger partial charge on any atom is -0.339 e. The van der Waals surface area contributed by atoms with Crippen molar-refractivity contribution in [3.05, 3.63) is 41.2 Å². The van der Waals surface area contributed by atoms with Crippen LogP contribution in [-0.2, 0) is 0 Å². The lowest BCUT2D eigenvalue weighted by atomic mass is 10.1. The van der Waals surface area contributed by atoms with Crippen molar-refractivity contribution in [3.8, 4) is 0 Å². The number of fused-ring (bicyclic) bond motifs is 1. The number of benzene rings is 1. The topological polar surface area (TPSA) is 33.2 Å². The van der Waals surface area contributed by atoms with Crippen molar-refractivity contribution in [3.63, 3.8) is 0 Å². The molecule has 0 bridgehead atoms. The average molecular weight is 291 g/mol. The monoisotopic (exact) mass is 290 g/mol. The van der Waals surface area contributed by atoms with E-state index >= 15 is 0 Å².